The maximum atomic E-state index is 12.4. The standard InChI is InChI=1S/C22H21N3O4/c1-3-28-22(27)29-18-12-24-20-19(18)16-10-15(7-8-17(16)25-21(20)26)14-6-4-5-13(9-14)11-23-2/h4-10,12,23-24H,3,11H2,1-2H3,(H,25,26). The van der Waals surface area contributed by atoms with Crippen molar-refractivity contribution >= 4 is 28.0 Å². The quantitative estimate of drug-likeness (QED) is 0.448. The van der Waals surface area contributed by atoms with Crippen LogP contribution in [0.5, 0.6) is 5.75 Å². The lowest BCUT2D eigenvalue weighted by atomic mass is 10.00. The molecule has 4 rings (SSSR count). The van der Waals surface area contributed by atoms with Gasteiger partial charge in [-0.05, 0) is 48.9 Å². The molecule has 2 heterocycles. The number of carbonyl (C=O) groups excluding carboxylic acids is 1. The van der Waals surface area contributed by atoms with Crippen molar-refractivity contribution < 1.29 is 14.3 Å². The van der Waals surface area contributed by atoms with Gasteiger partial charge in [0.2, 0.25) is 0 Å². The molecule has 7 nitrogen and oxygen atoms in total. The number of H-pyrrole nitrogens is 2. The van der Waals surface area contributed by atoms with Crippen LogP contribution in [0.2, 0.25) is 0 Å². The van der Waals surface area contributed by atoms with Crippen LogP contribution in [0.1, 0.15) is 12.5 Å². The van der Waals surface area contributed by atoms with Gasteiger partial charge >= 0.3 is 6.16 Å². The molecule has 0 atom stereocenters. The van der Waals surface area contributed by atoms with Crippen LogP contribution in [0.15, 0.2) is 53.5 Å². The van der Waals surface area contributed by atoms with Gasteiger partial charge in [-0.3, -0.25) is 4.79 Å². The van der Waals surface area contributed by atoms with Crippen molar-refractivity contribution in [3.8, 4) is 16.9 Å². The van der Waals surface area contributed by atoms with Gasteiger partial charge in [-0.2, -0.15) is 0 Å². The zero-order chi connectivity index (χ0) is 20.4. The van der Waals surface area contributed by atoms with Crippen LogP contribution < -0.4 is 15.6 Å². The van der Waals surface area contributed by atoms with E-state index in [1.807, 2.05) is 37.4 Å². The first-order valence-corrected chi connectivity index (χ1v) is 9.36. The molecule has 0 radical (unpaired) electrons. The maximum absolute atomic E-state index is 12.4. The van der Waals surface area contributed by atoms with Gasteiger partial charge in [0.25, 0.3) is 5.56 Å². The monoisotopic (exact) mass is 391 g/mol. The fourth-order valence-corrected chi connectivity index (χ4v) is 3.46. The molecular weight excluding hydrogens is 370 g/mol. The summed E-state index contributed by atoms with van der Waals surface area (Å²) in [6, 6.07) is 14.0. The molecule has 3 N–H and O–H groups in total. The van der Waals surface area contributed by atoms with Gasteiger partial charge in [0, 0.05) is 23.6 Å². The van der Waals surface area contributed by atoms with Gasteiger partial charge in [-0.15, -0.1) is 0 Å². The highest BCUT2D eigenvalue weighted by Gasteiger charge is 2.16. The molecule has 4 aromatic rings. The minimum absolute atomic E-state index is 0.204. The summed E-state index contributed by atoms with van der Waals surface area (Å²) >= 11 is 0. The Balaban J connectivity index is 1.89. The van der Waals surface area contributed by atoms with Crippen LogP contribution in [0.4, 0.5) is 4.79 Å². The Morgan fingerprint density at radius 1 is 1.14 bits per heavy atom. The van der Waals surface area contributed by atoms with Gasteiger partial charge in [-0.1, -0.05) is 24.3 Å². The number of aromatic nitrogens is 2. The van der Waals surface area contributed by atoms with Crippen LogP contribution in [-0.2, 0) is 11.3 Å². The minimum Gasteiger partial charge on any atom is -0.434 e. The summed E-state index contributed by atoms with van der Waals surface area (Å²) in [6.07, 6.45) is 0.689. The molecule has 0 spiro atoms. The lowest BCUT2D eigenvalue weighted by molar-refractivity contribution is 0.105. The molecule has 0 aliphatic carbocycles. The fourth-order valence-electron chi connectivity index (χ4n) is 3.46. The second-order valence-electron chi connectivity index (χ2n) is 6.63. The molecule has 2 aromatic heterocycles. The van der Waals surface area contributed by atoms with Crippen molar-refractivity contribution in [2.75, 3.05) is 13.7 Å². The number of fused-ring (bicyclic) bond motifs is 3. The topological polar surface area (TPSA) is 96.2 Å². The number of carbonyl (C=O) groups is 1. The van der Waals surface area contributed by atoms with E-state index in [0.717, 1.165) is 23.1 Å². The zero-order valence-corrected chi connectivity index (χ0v) is 16.2. The second-order valence-corrected chi connectivity index (χ2v) is 6.63. The molecule has 0 saturated carbocycles. The van der Waals surface area contributed by atoms with Gasteiger partial charge in [0.1, 0.15) is 5.52 Å². The molecule has 0 aliphatic rings. The number of ether oxygens (including phenoxy) is 2. The largest absolute Gasteiger partial charge is 0.513 e. The molecule has 0 fully saturated rings. The molecule has 148 valence electrons. The Hall–Kier alpha value is -3.58. The van der Waals surface area contributed by atoms with Crippen molar-refractivity contribution in [2.24, 2.45) is 0 Å². The molecule has 0 bridgehead atoms. The van der Waals surface area contributed by atoms with E-state index >= 15 is 0 Å². The first-order chi connectivity index (χ1) is 14.1. The number of benzene rings is 2. The second kappa shape index (κ2) is 7.81. The Morgan fingerprint density at radius 3 is 2.76 bits per heavy atom. The summed E-state index contributed by atoms with van der Waals surface area (Å²) in [6.45, 7) is 2.68. The molecular formula is C22H21N3O4. The number of nitrogens with one attached hydrogen (secondary N) is 3. The number of pyridine rings is 1. The first-order valence-electron chi connectivity index (χ1n) is 9.36. The Labute approximate surface area is 166 Å². The van der Waals surface area contributed by atoms with Gasteiger partial charge in [0.05, 0.1) is 12.0 Å². The lowest BCUT2D eigenvalue weighted by Crippen LogP contribution is -2.10. The molecule has 0 unspecified atom stereocenters. The van der Waals surface area contributed by atoms with Crippen molar-refractivity contribution in [1.82, 2.24) is 15.3 Å². The Morgan fingerprint density at radius 2 is 1.97 bits per heavy atom. The van der Waals surface area contributed by atoms with Gasteiger partial charge in [0.15, 0.2) is 5.75 Å². The SMILES string of the molecule is CCOC(=O)Oc1c[nH]c2c(=O)[nH]c3ccc(-c4cccc(CNC)c4)cc3c12. The average Bonchev–Trinajstić information content (AvgIpc) is 3.13. The van der Waals surface area contributed by atoms with Gasteiger partial charge < -0.3 is 24.8 Å². The van der Waals surface area contributed by atoms with Crippen molar-refractivity contribution in [2.45, 2.75) is 13.5 Å². The minimum atomic E-state index is -0.808. The predicted octanol–water partition coefficient (Wildman–Crippen LogP) is 3.93. The summed E-state index contributed by atoms with van der Waals surface area (Å²) in [7, 11) is 1.91. The molecule has 7 heteroatoms. The Kier molecular flexibility index (Phi) is 5.05. The molecule has 0 aliphatic heterocycles. The molecule has 2 aromatic carbocycles. The van der Waals surface area contributed by atoms with Crippen LogP contribution >= 0.6 is 0 Å². The average molecular weight is 391 g/mol. The van der Waals surface area contributed by atoms with E-state index in [-0.39, 0.29) is 17.9 Å². The van der Waals surface area contributed by atoms with Crippen LogP contribution in [0.3, 0.4) is 0 Å². The van der Waals surface area contributed by atoms with E-state index in [2.05, 4.69) is 27.4 Å². The van der Waals surface area contributed by atoms with Crippen LogP contribution in [0.25, 0.3) is 32.9 Å². The predicted molar refractivity (Wildman–Crippen MR) is 112 cm³/mol. The summed E-state index contributed by atoms with van der Waals surface area (Å²) < 4.78 is 10.2. The summed E-state index contributed by atoms with van der Waals surface area (Å²) in [5, 5.41) is 4.47. The van der Waals surface area contributed by atoms with Crippen molar-refractivity contribution in [3.63, 3.8) is 0 Å². The maximum Gasteiger partial charge on any atom is 0.513 e. The first kappa shape index (κ1) is 18.8. The third kappa shape index (κ3) is 3.60. The highest BCUT2D eigenvalue weighted by molar-refractivity contribution is 6.09. The van der Waals surface area contributed by atoms with E-state index in [4.69, 9.17) is 9.47 Å². The zero-order valence-electron chi connectivity index (χ0n) is 16.2. The van der Waals surface area contributed by atoms with Crippen LogP contribution in [0, 0.1) is 0 Å². The van der Waals surface area contributed by atoms with Crippen LogP contribution in [-0.4, -0.2) is 29.8 Å². The summed E-state index contributed by atoms with van der Waals surface area (Å²) in [5.74, 6) is 0.260. The fraction of sp³-hybridized carbons (Fsp3) is 0.182. The highest BCUT2D eigenvalue weighted by atomic mass is 16.7. The van der Waals surface area contributed by atoms with E-state index < -0.39 is 6.16 Å². The van der Waals surface area contributed by atoms with E-state index in [0.29, 0.717) is 16.4 Å². The number of hydrogen-bond donors (Lipinski definition) is 3. The normalized spacial score (nSPS) is 11.1. The Bertz CT molecular complexity index is 1260. The van der Waals surface area contributed by atoms with Crippen molar-refractivity contribution in [1.29, 1.82) is 0 Å². The molecule has 29 heavy (non-hydrogen) atoms. The lowest BCUT2D eigenvalue weighted by Gasteiger charge is -2.09. The van der Waals surface area contributed by atoms with E-state index in [1.165, 1.54) is 11.8 Å². The summed E-state index contributed by atoms with van der Waals surface area (Å²) in [4.78, 5) is 30.0. The number of aromatic amines is 2. The van der Waals surface area contributed by atoms with Gasteiger partial charge in [-0.25, -0.2) is 4.79 Å². The third-order valence-corrected chi connectivity index (χ3v) is 4.70. The van der Waals surface area contributed by atoms with E-state index in [1.54, 1.807) is 6.92 Å². The molecule has 0 saturated heterocycles. The third-order valence-electron chi connectivity index (χ3n) is 4.70. The van der Waals surface area contributed by atoms with Crippen molar-refractivity contribution in [3.05, 3.63) is 64.6 Å². The number of rotatable bonds is 5. The van der Waals surface area contributed by atoms with E-state index in [9.17, 15) is 9.59 Å². The summed E-state index contributed by atoms with van der Waals surface area (Å²) in [5.41, 5.74) is 3.94. The number of hydrogen-bond acceptors (Lipinski definition) is 5. The highest BCUT2D eigenvalue weighted by Crippen LogP contribution is 2.33. The molecule has 0 amide bonds. The smallest absolute Gasteiger partial charge is 0.434 e.